The predicted molar refractivity (Wildman–Crippen MR) is 99.6 cm³/mol. The standard InChI is InChI=1S/C18H25N7O/c1-10(2)13-9-15(24-23-13)21-17-11-5-3-6-12(11)20-18(22-17)25-8-4-7-14(25)16(19)26/h9-10,14H,3-8H2,1-2H3,(H2,19,26)(H2,20,21,22,23,24)/t14-/m1/s1. The summed E-state index contributed by atoms with van der Waals surface area (Å²) in [5, 5.41) is 10.8. The third-order valence-corrected chi connectivity index (χ3v) is 5.23. The summed E-state index contributed by atoms with van der Waals surface area (Å²) >= 11 is 0. The average Bonchev–Trinajstić information content (AvgIpc) is 3.34. The number of fused-ring (bicyclic) bond motifs is 1. The van der Waals surface area contributed by atoms with Gasteiger partial charge in [-0.3, -0.25) is 9.89 Å². The van der Waals surface area contributed by atoms with E-state index in [0.717, 1.165) is 67.2 Å². The van der Waals surface area contributed by atoms with Crippen LogP contribution in [0.3, 0.4) is 0 Å². The van der Waals surface area contributed by atoms with E-state index in [9.17, 15) is 4.79 Å². The number of amides is 1. The third-order valence-electron chi connectivity index (χ3n) is 5.23. The summed E-state index contributed by atoms with van der Waals surface area (Å²) in [6, 6.07) is 1.69. The number of carbonyl (C=O) groups is 1. The highest BCUT2D eigenvalue weighted by Crippen LogP contribution is 2.32. The van der Waals surface area contributed by atoms with E-state index >= 15 is 0 Å². The molecule has 1 fully saturated rings. The van der Waals surface area contributed by atoms with Crippen LogP contribution in [-0.4, -0.2) is 38.7 Å². The van der Waals surface area contributed by atoms with Gasteiger partial charge in [0, 0.05) is 23.9 Å². The molecule has 8 nitrogen and oxygen atoms in total. The van der Waals surface area contributed by atoms with Crippen LogP contribution >= 0.6 is 0 Å². The van der Waals surface area contributed by atoms with Crippen molar-refractivity contribution in [3.63, 3.8) is 0 Å². The van der Waals surface area contributed by atoms with Crippen molar-refractivity contribution in [2.75, 3.05) is 16.8 Å². The lowest BCUT2D eigenvalue weighted by atomic mass is 10.1. The zero-order valence-corrected chi connectivity index (χ0v) is 15.2. The molecular weight excluding hydrogens is 330 g/mol. The van der Waals surface area contributed by atoms with Crippen LogP contribution in [0, 0.1) is 0 Å². The number of H-pyrrole nitrogens is 1. The average molecular weight is 355 g/mol. The van der Waals surface area contributed by atoms with Gasteiger partial charge >= 0.3 is 0 Å². The molecule has 0 saturated carbocycles. The van der Waals surface area contributed by atoms with E-state index < -0.39 is 0 Å². The lowest BCUT2D eigenvalue weighted by Crippen LogP contribution is -2.41. The second kappa shape index (κ2) is 6.59. The largest absolute Gasteiger partial charge is 0.368 e. The summed E-state index contributed by atoms with van der Waals surface area (Å²) in [5.74, 6) is 2.20. The first-order valence-corrected chi connectivity index (χ1v) is 9.31. The molecule has 8 heteroatoms. The number of nitrogens with one attached hydrogen (secondary N) is 2. The fourth-order valence-corrected chi connectivity index (χ4v) is 3.77. The monoisotopic (exact) mass is 355 g/mol. The predicted octanol–water partition coefficient (Wildman–Crippen LogP) is 2.01. The number of hydrogen-bond acceptors (Lipinski definition) is 6. The Morgan fingerprint density at radius 3 is 2.92 bits per heavy atom. The molecule has 2 aromatic rings. The number of carbonyl (C=O) groups excluding carboxylic acids is 1. The van der Waals surface area contributed by atoms with Gasteiger partial charge in [-0.15, -0.1) is 0 Å². The van der Waals surface area contributed by atoms with E-state index in [1.807, 2.05) is 11.0 Å². The molecule has 0 bridgehead atoms. The van der Waals surface area contributed by atoms with Gasteiger partial charge in [-0.2, -0.15) is 10.1 Å². The van der Waals surface area contributed by atoms with Crippen molar-refractivity contribution in [3.05, 3.63) is 23.0 Å². The number of nitrogens with zero attached hydrogens (tertiary/aromatic N) is 4. The topological polar surface area (TPSA) is 113 Å². The number of aryl methyl sites for hydroxylation is 1. The molecule has 4 rings (SSSR count). The molecule has 0 radical (unpaired) electrons. The van der Waals surface area contributed by atoms with Crippen LogP contribution in [0.4, 0.5) is 17.6 Å². The van der Waals surface area contributed by atoms with Crippen molar-refractivity contribution in [3.8, 4) is 0 Å². The summed E-state index contributed by atoms with van der Waals surface area (Å²) < 4.78 is 0. The smallest absolute Gasteiger partial charge is 0.240 e. The van der Waals surface area contributed by atoms with Gasteiger partial charge in [-0.25, -0.2) is 4.98 Å². The van der Waals surface area contributed by atoms with E-state index in [-0.39, 0.29) is 11.9 Å². The van der Waals surface area contributed by atoms with Gasteiger partial charge in [-0.05, 0) is 38.0 Å². The maximum Gasteiger partial charge on any atom is 0.240 e. The van der Waals surface area contributed by atoms with Crippen LogP contribution < -0.4 is 16.0 Å². The number of nitrogens with two attached hydrogens (primary N) is 1. The Balaban J connectivity index is 1.67. The zero-order valence-electron chi connectivity index (χ0n) is 15.2. The van der Waals surface area contributed by atoms with E-state index in [4.69, 9.17) is 15.7 Å². The molecule has 26 heavy (non-hydrogen) atoms. The number of rotatable bonds is 5. The van der Waals surface area contributed by atoms with Gasteiger partial charge in [0.1, 0.15) is 11.9 Å². The zero-order chi connectivity index (χ0) is 18.3. The molecule has 0 aromatic carbocycles. The molecule has 4 N–H and O–H groups in total. The van der Waals surface area contributed by atoms with Crippen molar-refractivity contribution >= 4 is 23.5 Å². The van der Waals surface area contributed by atoms with Crippen molar-refractivity contribution in [2.24, 2.45) is 5.73 Å². The number of anilines is 3. The van der Waals surface area contributed by atoms with E-state index in [0.29, 0.717) is 11.9 Å². The Morgan fingerprint density at radius 1 is 1.35 bits per heavy atom. The van der Waals surface area contributed by atoms with Crippen molar-refractivity contribution in [2.45, 2.75) is 57.9 Å². The fourth-order valence-electron chi connectivity index (χ4n) is 3.77. The van der Waals surface area contributed by atoms with Gasteiger partial charge in [0.15, 0.2) is 5.82 Å². The van der Waals surface area contributed by atoms with Crippen LogP contribution in [-0.2, 0) is 17.6 Å². The number of aromatic amines is 1. The lowest BCUT2D eigenvalue weighted by Gasteiger charge is -2.23. The first kappa shape index (κ1) is 16.8. The molecule has 1 aliphatic heterocycles. The highest BCUT2D eigenvalue weighted by Gasteiger charge is 2.32. The summed E-state index contributed by atoms with van der Waals surface area (Å²) in [6.45, 7) is 5.00. The number of hydrogen-bond donors (Lipinski definition) is 3. The van der Waals surface area contributed by atoms with Gasteiger partial charge < -0.3 is 16.0 Å². The highest BCUT2D eigenvalue weighted by atomic mass is 16.1. The minimum atomic E-state index is -0.319. The summed E-state index contributed by atoms with van der Waals surface area (Å²) in [7, 11) is 0. The Bertz CT molecular complexity index is 829. The second-order valence-corrected chi connectivity index (χ2v) is 7.39. The Kier molecular flexibility index (Phi) is 4.26. The van der Waals surface area contributed by atoms with Crippen molar-refractivity contribution in [1.82, 2.24) is 20.2 Å². The minimum absolute atomic E-state index is 0.310. The summed E-state index contributed by atoms with van der Waals surface area (Å²) in [5.41, 5.74) is 8.85. The van der Waals surface area contributed by atoms with Crippen molar-refractivity contribution < 1.29 is 4.79 Å². The van der Waals surface area contributed by atoms with Crippen molar-refractivity contribution in [1.29, 1.82) is 0 Å². The molecule has 2 aromatic heterocycles. The van der Waals surface area contributed by atoms with Crippen LogP contribution in [0.1, 0.15) is 56.0 Å². The molecular formula is C18H25N7O. The van der Waals surface area contributed by atoms with E-state index in [1.54, 1.807) is 0 Å². The normalized spacial score (nSPS) is 19.2. The Labute approximate surface area is 152 Å². The Hall–Kier alpha value is -2.64. The van der Waals surface area contributed by atoms with Gasteiger partial charge in [0.2, 0.25) is 11.9 Å². The number of primary amides is 1. The SMILES string of the molecule is CC(C)c1cc(Nc2nc(N3CCC[C@@H]3C(N)=O)nc3c2CCC3)n[nH]1. The molecule has 1 saturated heterocycles. The van der Waals surface area contributed by atoms with Gasteiger partial charge in [0.25, 0.3) is 0 Å². The molecule has 0 spiro atoms. The highest BCUT2D eigenvalue weighted by molar-refractivity contribution is 5.83. The van der Waals surface area contributed by atoms with Crippen LogP contribution in [0.2, 0.25) is 0 Å². The molecule has 2 aliphatic rings. The Morgan fingerprint density at radius 2 is 2.19 bits per heavy atom. The molecule has 0 unspecified atom stereocenters. The molecule has 1 amide bonds. The van der Waals surface area contributed by atoms with Gasteiger partial charge in [0.05, 0.1) is 5.69 Å². The third kappa shape index (κ3) is 3.00. The summed E-state index contributed by atoms with van der Waals surface area (Å²) in [4.78, 5) is 23.2. The maximum atomic E-state index is 11.8. The quantitative estimate of drug-likeness (QED) is 0.756. The lowest BCUT2D eigenvalue weighted by molar-refractivity contribution is -0.119. The molecule has 3 heterocycles. The fraction of sp³-hybridized carbons (Fsp3) is 0.556. The molecule has 138 valence electrons. The molecule has 1 atom stereocenters. The van der Waals surface area contributed by atoms with Crippen LogP contribution in [0.25, 0.3) is 0 Å². The van der Waals surface area contributed by atoms with Crippen LogP contribution in [0.5, 0.6) is 0 Å². The summed E-state index contributed by atoms with van der Waals surface area (Å²) in [6.07, 6.45) is 4.65. The maximum absolute atomic E-state index is 11.8. The van der Waals surface area contributed by atoms with Crippen LogP contribution in [0.15, 0.2) is 6.07 Å². The van der Waals surface area contributed by atoms with Gasteiger partial charge in [-0.1, -0.05) is 13.8 Å². The first-order chi connectivity index (χ1) is 12.5. The second-order valence-electron chi connectivity index (χ2n) is 7.39. The van der Waals surface area contributed by atoms with E-state index in [1.165, 1.54) is 0 Å². The number of aromatic nitrogens is 4. The first-order valence-electron chi connectivity index (χ1n) is 9.31. The minimum Gasteiger partial charge on any atom is -0.368 e. The molecule has 1 aliphatic carbocycles. The van der Waals surface area contributed by atoms with E-state index in [2.05, 4.69) is 29.4 Å².